The monoisotopic (exact) mass is 631 g/mol. The van der Waals surface area contributed by atoms with Crippen LogP contribution in [-0.2, 0) is 5.54 Å². The second-order valence-corrected chi connectivity index (χ2v) is 13.0. The molecule has 1 unspecified atom stereocenters. The van der Waals surface area contributed by atoms with Gasteiger partial charge in [-0.15, -0.1) is 10.2 Å². The van der Waals surface area contributed by atoms with Gasteiger partial charge in [0, 0.05) is 42.7 Å². The molecule has 2 aliphatic heterocycles. The Bertz CT molecular complexity index is 2250. The lowest BCUT2D eigenvalue weighted by Crippen LogP contribution is -2.63. The van der Waals surface area contributed by atoms with Gasteiger partial charge in [-0.3, -0.25) is 18.9 Å². The predicted octanol–water partition coefficient (Wildman–Crippen LogP) is 5.93. The standard InChI is InChI=1S/C38H29N7O3/c1-37(48)21-38(22-37,45-35(46)26-10-5-6-11-27(26)36(45)47)25-14-12-24(13-15-25)31-28(23-8-3-2-4-9-23)20-29-30(41-31)16-19-44-33(29)42-43-34(44)32-39-17-7-18-40-32/h2-20,31,41,48H,21-22H2,1H3. The lowest BCUT2D eigenvalue weighted by Gasteiger charge is -2.55. The number of benzene rings is 3. The normalized spacial score (nSPS) is 22.9. The van der Waals surface area contributed by atoms with E-state index >= 15 is 0 Å². The molecule has 0 radical (unpaired) electrons. The molecule has 3 aliphatic rings. The third kappa shape index (κ3) is 4.16. The number of aromatic nitrogens is 5. The molecule has 3 aromatic carbocycles. The van der Waals surface area contributed by atoms with Gasteiger partial charge in [-0.2, -0.15) is 0 Å². The van der Waals surface area contributed by atoms with Gasteiger partial charge in [-0.1, -0.05) is 66.7 Å². The predicted molar refractivity (Wildman–Crippen MR) is 180 cm³/mol. The Morgan fingerprint density at radius 3 is 2.15 bits per heavy atom. The second-order valence-electron chi connectivity index (χ2n) is 13.0. The summed E-state index contributed by atoms with van der Waals surface area (Å²) in [6.07, 6.45) is 7.97. The highest BCUT2D eigenvalue weighted by Gasteiger charge is 2.60. The summed E-state index contributed by atoms with van der Waals surface area (Å²) in [5, 5.41) is 23.6. The number of nitrogens with zero attached hydrogens (tertiary/aromatic N) is 6. The number of rotatable bonds is 5. The van der Waals surface area contributed by atoms with E-state index in [1.807, 2.05) is 59.1 Å². The van der Waals surface area contributed by atoms with Crippen molar-refractivity contribution in [1.29, 1.82) is 0 Å². The van der Waals surface area contributed by atoms with Crippen molar-refractivity contribution in [2.24, 2.45) is 0 Å². The number of hydrogen-bond donors (Lipinski definition) is 2. The van der Waals surface area contributed by atoms with E-state index in [1.54, 1.807) is 49.6 Å². The first-order chi connectivity index (χ1) is 23.3. The van der Waals surface area contributed by atoms with Crippen LogP contribution >= 0.6 is 0 Å². The van der Waals surface area contributed by atoms with Gasteiger partial charge in [-0.25, -0.2) is 9.97 Å². The van der Waals surface area contributed by atoms with Crippen LogP contribution in [0, 0.1) is 0 Å². The molecule has 2 N–H and O–H groups in total. The Balaban J connectivity index is 1.11. The van der Waals surface area contributed by atoms with Crippen LogP contribution in [0.4, 0.5) is 5.69 Å². The molecule has 5 heterocycles. The minimum absolute atomic E-state index is 0.212. The second kappa shape index (κ2) is 10.2. The maximum absolute atomic E-state index is 13.6. The van der Waals surface area contributed by atoms with Gasteiger partial charge < -0.3 is 10.4 Å². The molecule has 10 heteroatoms. The highest BCUT2D eigenvalue weighted by molar-refractivity contribution is 6.22. The van der Waals surface area contributed by atoms with Gasteiger partial charge in [0.05, 0.1) is 28.3 Å². The van der Waals surface area contributed by atoms with Gasteiger partial charge in [-0.05, 0) is 59.5 Å². The van der Waals surface area contributed by atoms with E-state index < -0.39 is 11.1 Å². The van der Waals surface area contributed by atoms with Crippen molar-refractivity contribution in [3.8, 4) is 11.6 Å². The molecule has 1 atom stereocenters. The fraction of sp³-hybridized carbons (Fsp3) is 0.158. The van der Waals surface area contributed by atoms with E-state index in [4.69, 9.17) is 0 Å². The van der Waals surface area contributed by atoms with Crippen molar-refractivity contribution in [1.82, 2.24) is 29.5 Å². The molecule has 1 saturated carbocycles. The quantitative estimate of drug-likeness (QED) is 0.224. The van der Waals surface area contributed by atoms with E-state index in [2.05, 4.69) is 43.7 Å². The Labute approximate surface area is 275 Å². The van der Waals surface area contributed by atoms with E-state index in [0.717, 1.165) is 33.5 Å². The van der Waals surface area contributed by atoms with Gasteiger partial charge in [0.2, 0.25) is 5.82 Å². The summed E-state index contributed by atoms with van der Waals surface area (Å²) >= 11 is 0. The zero-order valence-electron chi connectivity index (χ0n) is 25.9. The number of imide groups is 1. The summed E-state index contributed by atoms with van der Waals surface area (Å²) in [7, 11) is 0. The zero-order chi connectivity index (χ0) is 32.6. The molecule has 6 aromatic rings. The topological polar surface area (TPSA) is 126 Å². The summed E-state index contributed by atoms with van der Waals surface area (Å²) in [6, 6.07) is 28.7. The average molecular weight is 632 g/mol. The molecular weight excluding hydrogens is 602 g/mol. The SMILES string of the molecule is CC1(O)CC(c2ccc(C3Nc4ccn5c(-c6ncccn6)nnc5c4C=C3c3ccccc3)cc2)(N2C(=O)c3ccccc3C2=O)C1. The van der Waals surface area contributed by atoms with E-state index in [0.29, 0.717) is 28.4 Å². The van der Waals surface area contributed by atoms with Crippen molar-refractivity contribution in [2.45, 2.75) is 36.9 Å². The number of nitrogens with one attached hydrogen (secondary N) is 1. The van der Waals surface area contributed by atoms with Crippen LogP contribution in [0.5, 0.6) is 0 Å². The number of hydrogen-bond acceptors (Lipinski definition) is 8. The number of amides is 2. The number of fused-ring (bicyclic) bond motifs is 4. The van der Waals surface area contributed by atoms with Gasteiger partial charge in [0.1, 0.15) is 0 Å². The van der Waals surface area contributed by atoms with Crippen LogP contribution in [-0.4, -0.2) is 52.0 Å². The van der Waals surface area contributed by atoms with Gasteiger partial charge in [0.25, 0.3) is 11.8 Å². The molecular formula is C38H29N7O3. The highest BCUT2D eigenvalue weighted by Crippen LogP contribution is 2.55. The van der Waals surface area contributed by atoms with E-state index in [9.17, 15) is 14.7 Å². The Morgan fingerprint density at radius 2 is 1.48 bits per heavy atom. The van der Waals surface area contributed by atoms with Crippen LogP contribution in [0.25, 0.3) is 28.9 Å². The number of aliphatic hydroxyl groups is 1. The lowest BCUT2D eigenvalue weighted by atomic mass is 9.61. The van der Waals surface area contributed by atoms with Gasteiger partial charge in [0.15, 0.2) is 11.5 Å². The molecule has 10 nitrogen and oxygen atoms in total. The first kappa shape index (κ1) is 28.2. The Hall–Kier alpha value is -6.00. The molecule has 48 heavy (non-hydrogen) atoms. The highest BCUT2D eigenvalue weighted by atomic mass is 16.3. The minimum atomic E-state index is -0.995. The van der Waals surface area contributed by atoms with Crippen LogP contribution in [0.3, 0.4) is 0 Å². The van der Waals surface area contributed by atoms with Crippen LogP contribution in [0.2, 0.25) is 0 Å². The van der Waals surface area contributed by atoms with Crippen molar-refractivity contribution < 1.29 is 14.7 Å². The largest absolute Gasteiger partial charge is 0.390 e. The van der Waals surface area contributed by atoms with Crippen molar-refractivity contribution in [2.75, 3.05) is 5.32 Å². The molecule has 0 saturated heterocycles. The molecule has 1 aliphatic carbocycles. The summed E-state index contributed by atoms with van der Waals surface area (Å²) in [4.78, 5) is 37.3. The first-order valence-electron chi connectivity index (χ1n) is 15.8. The van der Waals surface area contributed by atoms with Gasteiger partial charge >= 0.3 is 0 Å². The molecule has 1 fully saturated rings. The molecule has 0 bridgehead atoms. The third-order valence-electron chi connectivity index (χ3n) is 9.75. The van der Waals surface area contributed by atoms with E-state index in [-0.39, 0.29) is 30.7 Å². The average Bonchev–Trinajstić information content (AvgIpc) is 3.66. The van der Waals surface area contributed by atoms with Crippen molar-refractivity contribution >= 4 is 34.8 Å². The van der Waals surface area contributed by atoms with Crippen LogP contribution in [0.15, 0.2) is 110 Å². The smallest absolute Gasteiger partial charge is 0.262 e. The maximum Gasteiger partial charge on any atom is 0.262 e. The number of pyridine rings is 1. The van der Waals surface area contributed by atoms with Crippen LogP contribution < -0.4 is 5.32 Å². The molecule has 9 rings (SSSR count). The molecule has 3 aromatic heterocycles. The first-order valence-corrected chi connectivity index (χ1v) is 15.8. The summed E-state index contributed by atoms with van der Waals surface area (Å²) in [5.41, 5.74) is 5.27. The zero-order valence-corrected chi connectivity index (χ0v) is 25.9. The number of carbonyl (C=O) groups is 2. The number of anilines is 1. The van der Waals surface area contributed by atoms with E-state index in [1.165, 1.54) is 4.90 Å². The summed E-state index contributed by atoms with van der Waals surface area (Å²) in [5.74, 6) is 0.405. The fourth-order valence-corrected chi connectivity index (χ4v) is 7.69. The van der Waals surface area contributed by atoms with Crippen LogP contribution in [0.1, 0.15) is 68.8 Å². The Morgan fingerprint density at radius 1 is 0.812 bits per heavy atom. The summed E-state index contributed by atoms with van der Waals surface area (Å²) < 4.78 is 1.90. The fourth-order valence-electron chi connectivity index (χ4n) is 7.69. The minimum Gasteiger partial charge on any atom is -0.390 e. The third-order valence-corrected chi connectivity index (χ3v) is 9.75. The maximum atomic E-state index is 13.6. The number of carbonyl (C=O) groups excluding carboxylic acids is 2. The molecule has 0 spiro atoms. The Kier molecular flexibility index (Phi) is 6.03. The van der Waals surface area contributed by atoms with Crippen molar-refractivity contribution in [3.63, 3.8) is 0 Å². The molecule has 234 valence electrons. The summed E-state index contributed by atoms with van der Waals surface area (Å²) in [6.45, 7) is 1.75. The molecule has 2 amide bonds. The van der Waals surface area contributed by atoms with Crippen molar-refractivity contribution in [3.05, 3.63) is 143 Å². The lowest BCUT2D eigenvalue weighted by molar-refractivity contribution is -0.118.